The van der Waals surface area contributed by atoms with E-state index >= 15 is 0 Å². The van der Waals surface area contributed by atoms with E-state index in [1.54, 1.807) is 31.2 Å². The molecular weight excluding hydrogens is 258 g/mol. The van der Waals surface area contributed by atoms with Gasteiger partial charge in [0.1, 0.15) is 11.1 Å². The molecule has 0 bridgehead atoms. The van der Waals surface area contributed by atoms with Crippen LogP contribution in [0.3, 0.4) is 0 Å². The number of aryl methyl sites for hydroxylation is 1. The average Bonchev–Trinajstić information content (AvgIpc) is 2.78. The highest BCUT2D eigenvalue weighted by Crippen LogP contribution is 2.19. The molecule has 1 amide bonds. The Morgan fingerprint density at radius 3 is 3.00 bits per heavy atom. The Hall–Kier alpha value is -2.89. The number of nitrogens with one attached hydrogen (secondary N) is 2. The highest BCUT2D eigenvalue weighted by molar-refractivity contribution is 6.04. The summed E-state index contributed by atoms with van der Waals surface area (Å²) < 4.78 is 5.35. The van der Waals surface area contributed by atoms with Gasteiger partial charge in [0.2, 0.25) is 0 Å². The largest absolute Gasteiger partial charge is 0.441 e. The SMILES string of the molecule is Cc1nc2cc(NC(=O)c3ccc[nH]c3=O)ccc2o1. The monoisotopic (exact) mass is 269 g/mol. The summed E-state index contributed by atoms with van der Waals surface area (Å²) in [4.78, 5) is 30.2. The number of pyridine rings is 1. The van der Waals surface area contributed by atoms with Gasteiger partial charge in [-0.1, -0.05) is 0 Å². The van der Waals surface area contributed by atoms with E-state index in [1.807, 2.05) is 0 Å². The van der Waals surface area contributed by atoms with Crippen molar-refractivity contribution in [2.75, 3.05) is 5.32 Å². The Bertz CT molecular complexity index is 848. The molecule has 0 radical (unpaired) electrons. The van der Waals surface area contributed by atoms with E-state index in [1.165, 1.54) is 12.3 Å². The molecule has 0 atom stereocenters. The number of benzene rings is 1. The summed E-state index contributed by atoms with van der Waals surface area (Å²) in [5.41, 5.74) is 1.49. The molecule has 1 aromatic carbocycles. The van der Waals surface area contributed by atoms with Crippen LogP contribution in [0.15, 0.2) is 45.7 Å². The van der Waals surface area contributed by atoms with E-state index in [0.717, 1.165) is 0 Å². The molecule has 100 valence electrons. The zero-order valence-electron chi connectivity index (χ0n) is 10.6. The number of hydrogen-bond acceptors (Lipinski definition) is 4. The third kappa shape index (κ3) is 2.18. The van der Waals surface area contributed by atoms with Crippen LogP contribution in [0, 0.1) is 6.92 Å². The summed E-state index contributed by atoms with van der Waals surface area (Å²) in [6, 6.07) is 8.18. The highest BCUT2D eigenvalue weighted by atomic mass is 16.3. The lowest BCUT2D eigenvalue weighted by Gasteiger charge is -2.03. The minimum absolute atomic E-state index is 0.0592. The molecule has 0 aliphatic rings. The van der Waals surface area contributed by atoms with Gasteiger partial charge in [0.25, 0.3) is 11.5 Å². The van der Waals surface area contributed by atoms with Crippen molar-refractivity contribution in [2.45, 2.75) is 6.92 Å². The smallest absolute Gasteiger partial charge is 0.261 e. The molecule has 6 heteroatoms. The van der Waals surface area contributed by atoms with Gasteiger partial charge in [-0.3, -0.25) is 9.59 Å². The van der Waals surface area contributed by atoms with E-state index < -0.39 is 11.5 Å². The van der Waals surface area contributed by atoms with Gasteiger partial charge in [0.15, 0.2) is 11.5 Å². The van der Waals surface area contributed by atoms with Gasteiger partial charge in [0.05, 0.1) is 0 Å². The lowest BCUT2D eigenvalue weighted by Crippen LogP contribution is -2.22. The highest BCUT2D eigenvalue weighted by Gasteiger charge is 2.11. The van der Waals surface area contributed by atoms with Gasteiger partial charge in [-0.15, -0.1) is 0 Å². The molecule has 2 heterocycles. The molecule has 0 aliphatic carbocycles. The number of amides is 1. The van der Waals surface area contributed by atoms with Crippen molar-refractivity contribution in [1.82, 2.24) is 9.97 Å². The molecule has 0 unspecified atom stereocenters. The van der Waals surface area contributed by atoms with Crippen LogP contribution >= 0.6 is 0 Å². The molecule has 0 spiro atoms. The number of nitrogens with zero attached hydrogens (tertiary/aromatic N) is 1. The molecule has 6 nitrogen and oxygen atoms in total. The lowest BCUT2D eigenvalue weighted by molar-refractivity contribution is 0.102. The molecule has 0 fully saturated rings. The minimum Gasteiger partial charge on any atom is -0.441 e. The van der Waals surface area contributed by atoms with Crippen LogP contribution in [0.1, 0.15) is 16.2 Å². The zero-order chi connectivity index (χ0) is 14.1. The van der Waals surface area contributed by atoms with Crippen molar-refractivity contribution < 1.29 is 9.21 Å². The third-order valence-corrected chi connectivity index (χ3v) is 2.82. The van der Waals surface area contributed by atoms with Crippen molar-refractivity contribution in [1.29, 1.82) is 0 Å². The normalized spacial score (nSPS) is 10.7. The van der Waals surface area contributed by atoms with E-state index in [4.69, 9.17) is 4.42 Å². The maximum Gasteiger partial charge on any atom is 0.261 e. The summed E-state index contributed by atoms with van der Waals surface area (Å²) in [6.45, 7) is 1.75. The fourth-order valence-electron chi connectivity index (χ4n) is 1.92. The number of oxazole rings is 1. The number of carbonyl (C=O) groups excluding carboxylic acids is 1. The molecule has 3 aromatic rings. The van der Waals surface area contributed by atoms with Gasteiger partial charge in [0, 0.05) is 18.8 Å². The second kappa shape index (κ2) is 4.65. The molecule has 2 aromatic heterocycles. The summed E-state index contributed by atoms with van der Waals surface area (Å²) >= 11 is 0. The number of aromatic nitrogens is 2. The van der Waals surface area contributed by atoms with Crippen molar-refractivity contribution >= 4 is 22.7 Å². The zero-order valence-corrected chi connectivity index (χ0v) is 10.6. The van der Waals surface area contributed by atoms with Crippen LogP contribution in [-0.4, -0.2) is 15.9 Å². The van der Waals surface area contributed by atoms with Crippen molar-refractivity contribution in [3.8, 4) is 0 Å². The van der Waals surface area contributed by atoms with E-state index in [2.05, 4.69) is 15.3 Å². The van der Waals surface area contributed by atoms with Crippen LogP contribution in [0.5, 0.6) is 0 Å². The van der Waals surface area contributed by atoms with Gasteiger partial charge < -0.3 is 14.7 Å². The van der Waals surface area contributed by atoms with Crippen molar-refractivity contribution in [3.63, 3.8) is 0 Å². The number of fused-ring (bicyclic) bond motifs is 1. The predicted octanol–water partition coefficient (Wildman–Crippen LogP) is 2.08. The molecule has 2 N–H and O–H groups in total. The second-order valence-corrected chi connectivity index (χ2v) is 4.28. The standard InChI is InChI=1S/C14H11N3O3/c1-8-16-11-7-9(4-5-12(11)20-8)17-14(19)10-3-2-6-15-13(10)18/h2-7H,1H3,(H,15,18)(H,17,19). The molecule has 20 heavy (non-hydrogen) atoms. The first-order chi connectivity index (χ1) is 9.63. The number of carbonyl (C=O) groups is 1. The molecule has 0 saturated heterocycles. The molecule has 0 aliphatic heterocycles. The van der Waals surface area contributed by atoms with Crippen LogP contribution in [-0.2, 0) is 0 Å². The molecule has 3 rings (SSSR count). The van der Waals surface area contributed by atoms with Gasteiger partial charge >= 0.3 is 0 Å². The van der Waals surface area contributed by atoms with Crippen molar-refractivity contribution in [2.24, 2.45) is 0 Å². The maximum atomic E-state index is 12.0. The molecular formula is C14H11N3O3. The maximum absolute atomic E-state index is 12.0. The van der Waals surface area contributed by atoms with Crippen LogP contribution in [0.25, 0.3) is 11.1 Å². The van der Waals surface area contributed by atoms with Gasteiger partial charge in [-0.2, -0.15) is 0 Å². The molecule has 0 saturated carbocycles. The Balaban J connectivity index is 1.91. The first-order valence-corrected chi connectivity index (χ1v) is 6.00. The van der Waals surface area contributed by atoms with E-state index in [0.29, 0.717) is 22.7 Å². The van der Waals surface area contributed by atoms with E-state index in [9.17, 15) is 9.59 Å². The van der Waals surface area contributed by atoms with E-state index in [-0.39, 0.29) is 5.56 Å². The Morgan fingerprint density at radius 2 is 2.20 bits per heavy atom. The first kappa shape index (κ1) is 12.2. The number of aromatic amines is 1. The summed E-state index contributed by atoms with van der Waals surface area (Å²) in [5.74, 6) is 0.0920. The first-order valence-electron chi connectivity index (χ1n) is 6.00. The summed E-state index contributed by atoms with van der Waals surface area (Å²) in [5, 5.41) is 2.66. The number of anilines is 1. The minimum atomic E-state index is -0.466. The van der Waals surface area contributed by atoms with Crippen LogP contribution in [0.4, 0.5) is 5.69 Å². The number of H-pyrrole nitrogens is 1. The van der Waals surface area contributed by atoms with Gasteiger partial charge in [-0.05, 0) is 30.3 Å². The van der Waals surface area contributed by atoms with Crippen LogP contribution < -0.4 is 10.9 Å². The Kier molecular flexibility index (Phi) is 2.83. The summed E-state index contributed by atoms with van der Waals surface area (Å²) in [6.07, 6.45) is 1.48. The second-order valence-electron chi connectivity index (χ2n) is 4.28. The summed E-state index contributed by atoms with van der Waals surface area (Å²) in [7, 11) is 0. The fraction of sp³-hybridized carbons (Fsp3) is 0.0714. The quantitative estimate of drug-likeness (QED) is 0.745. The van der Waals surface area contributed by atoms with Crippen LogP contribution in [0.2, 0.25) is 0 Å². The fourth-order valence-corrected chi connectivity index (χ4v) is 1.92. The Labute approximate surface area is 113 Å². The van der Waals surface area contributed by atoms with Crippen molar-refractivity contribution in [3.05, 3.63) is 58.3 Å². The topological polar surface area (TPSA) is 88.0 Å². The average molecular weight is 269 g/mol. The predicted molar refractivity (Wildman–Crippen MR) is 73.8 cm³/mol. The third-order valence-electron chi connectivity index (χ3n) is 2.82. The van der Waals surface area contributed by atoms with Gasteiger partial charge in [-0.25, -0.2) is 4.98 Å². The lowest BCUT2D eigenvalue weighted by atomic mass is 10.2. The number of rotatable bonds is 2. The number of hydrogen-bond donors (Lipinski definition) is 2. The Morgan fingerprint density at radius 1 is 1.35 bits per heavy atom.